The van der Waals surface area contributed by atoms with Crippen molar-refractivity contribution >= 4 is 5.97 Å². The first-order chi connectivity index (χ1) is 9.60. The highest BCUT2D eigenvalue weighted by atomic mass is 16.5. The summed E-state index contributed by atoms with van der Waals surface area (Å²) in [7, 11) is 0. The molecule has 0 N–H and O–H groups in total. The van der Waals surface area contributed by atoms with E-state index in [0.717, 1.165) is 6.54 Å². The topological polar surface area (TPSA) is 29.5 Å². The molecule has 1 aliphatic carbocycles. The molecule has 1 aromatic rings. The van der Waals surface area contributed by atoms with Gasteiger partial charge in [0.05, 0.1) is 13.2 Å². The molecule has 110 valence electrons. The third-order valence-electron chi connectivity index (χ3n) is 3.73. The smallest absolute Gasteiger partial charge is 0.320 e. The van der Waals surface area contributed by atoms with Crippen molar-refractivity contribution in [1.29, 1.82) is 0 Å². The molecule has 1 saturated carbocycles. The maximum absolute atomic E-state index is 11.7. The number of hydrogen-bond donors (Lipinski definition) is 0. The molecule has 3 heteroatoms. The fraction of sp³-hybridized carbons (Fsp3) is 0.588. The molecule has 0 saturated heterocycles. The summed E-state index contributed by atoms with van der Waals surface area (Å²) in [5, 5.41) is 0. The zero-order chi connectivity index (χ0) is 14.5. The Balaban J connectivity index is 1.95. The predicted molar refractivity (Wildman–Crippen MR) is 80.6 cm³/mol. The van der Waals surface area contributed by atoms with Gasteiger partial charge in [-0.3, -0.25) is 9.69 Å². The molecule has 0 radical (unpaired) electrons. The summed E-state index contributed by atoms with van der Waals surface area (Å²) in [5.74, 6) is 0.446. The summed E-state index contributed by atoms with van der Waals surface area (Å²) in [6, 6.07) is 9.29. The lowest BCUT2D eigenvalue weighted by Gasteiger charge is -2.21. The fourth-order valence-electron chi connectivity index (χ4n) is 2.37. The third-order valence-corrected chi connectivity index (χ3v) is 3.73. The molecular formula is C17H25NO2. The Bertz CT molecular complexity index is 435. The van der Waals surface area contributed by atoms with Crippen molar-refractivity contribution in [2.24, 2.45) is 0 Å². The molecule has 20 heavy (non-hydrogen) atoms. The molecular weight excluding hydrogens is 250 g/mol. The highest BCUT2D eigenvalue weighted by molar-refractivity contribution is 5.71. The zero-order valence-electron chi connectivity index (χ0n) is 12.8. The maximum Gasteiger partial charge on any atom is 0.320 e. The van der Waals surface area contributed by atoms with Gasteiger partial charge in [0.2, 0.25) is 0 Å². The Labute approximate surface area is 121 Å². The number of ether oxygens (including phenoxy) is 1. The quantitative estimate of drug-likeness (QED) is 0.715. The Morgan fingerprint density at radius 1 is 1.30 bits per heavy atom. The minimum absolute atomic E-state index is 0.113. The molecule has 0 atom stereocenters. The van der Waals surface area contributed by atoms with Gasteiger partial charge in [-0.15, -0.1) is 0 Å². The zero-order valence-corrected chi connectivity index (χ0v) is 12.8. The summed E-state index contributed by atoms with van der Waals surface area (Å²) in [5.41, 5.74) is 2.63. The number of rotatable bonds is 7. The molecule has 0 aromatic heterocycles. The third kappa shape index (κ3) is 4.34. The molecule has 3 nitrogen and oxygen atoms in total. The van der Waals surface area contributed by atoms with Crippen LogP contribution < -0.4 is 0 Å². The van der Waals surface area contributed by atoms with Crippen LogP contribution in [0.3, 0.4) is 0 Å². The van der Waals surface area contributed by atoms with Crippen LogP contribution >= 0.6 is 0 Å². The van der Waals surface area contributed by atoms with Gasteiger partial charge in [-0.05, 0) is 36.8 Å². The molecule has 1 aliphatic rings. The number of carbonyl (C=O) groups excluding carboxylic acids is 1. The van der Waals surface area contributed by atoms with Crippen LogP contribution in [0.1, 0.15) is 50.7 Å². The van der Waals surface area contributed by atoms with E-state index in [2.05, 4.69) is 43.0 Å². The lowest BCUT2D eigenvalue weighted by atomic mass is 10.0. The highest BCUT2D eigenvalue weighted by Gasteiger charge is 2.30. The van der Waals surface area contributed by atoms with Crippen LogP contribution in [0.4, 0.5) is 0 Å². The van der Waals surface area contributed by atoms with Crippen molar-refractivity contribution < 1.29 is 9.53 Å². The van der Waals surface area contributed by atoms with Gasteiger partial charge in [-0.2, -0.15) is 0 Å². The van der Waals surface area contributed by atoms with Gasteiger partial charge in [-0.1, -0.05) is 38.1 Å². The first-order valence-electron chi connectivity index (χ1n) is 7.58. The van der Waals surface area contributed by atoms with Crippen LogP contribution in [0.2, 0.25) is 0 Å². The van der Waals surface area contributed by atoms with Crippen molar-refractivity contribution in [2.75, 3.05) is 13.2 Å². The molecule has 2 rings (SSSR count). The molecule has 1 fully saturated rings. The average Bonchev–Trinajstić information content (AvgIpc) is 3.23. The van der Waals surface area contributed by atoms with Crippen LogP contribution in [0.25, 0.3) is 0 Å². The summed E-state index contributed by atoms with van der Waals surface area (Å²) in [6.07, 6.45) is 2.40. The summed E-state index contributed by atoms with van der Waals surface area (Å²) < 4.78 is 5.06. The van der Waals surface area contributed by atoms with Crippen molar-refractivity contribution in [3.63, 3.8) is 0 Å². The van der Waals surface area contributed by atoms with Gasteiger partial charge >= 0.3 is 5.97 Å². The SMILES string of the molecule is CCOC(=O)CN(Cc1ccc(C(C)C)cc1)C1CC1. The van der Waals surface area contributed by atoms with Crippen molar-refractivity contribution in [2.45, 2.75) is 52.1 Å². The number of esters is 1. The number of benzene rings is 1. The maximum atomic E-state index is 11.7. The van der Waals surface area contributed by atoms with Crippen LogP contribution in [-0.2, 0) is 16.1 Å². The first-order valence-corrected chi connectivity index (χ1v) is 7.58. The normalized spacial score (nSPS) is 14.8. The fourth-order valence-corrected chi connectivity index (χ4v) is 2.37. The van der Waals surface area contributed by atoms with Gasteiger partial charge in [0, 0.05) is 12.6 Å². The van der Waals surface area contributed by atoms with E-state index in [1.54, 1.807) is 0 Å². The lowest BCUT2D eigenvalue weighted by molar-refractivity contribution is -0.144. The van der Waals surface area contributed by atoms with E-state index in [0.29, 0.717) is 25.1 Å². The van der Waals surface area contributed by atoms with Gasteiger partial charge < -0.3 is 4.74 Å². The molecule has 0 unspecified atom stereocenters. The average molecular weight is 275 g/mol. The Hall–Kier alpha value is -1.35. The van der Waals surface area contributed by atoms with Crippen LogP contribution in [0.15, 0.2) is 24.3 Å². The summed E-state index contributed by atoms with van der Waals surface area (Å²) in [4.78, 5) is 13.9. The first kappa shape index (κ1) is 15.0. The van der Waals surface area contributed by atoms with Gasteiger partial charge in [0.25, 0.3) is 0 Å². The molecule has 1 aromatic carbocycles. The van der Waals surface area contributed by atoms with Crippen LogP contribution in [-0.4, -0.2) is 30.1 Å². The number of carbonyl (C=O) groups is 1. The van der Waals surface area contributed by atoms with Crippen molar-refractivity contribution in [3.05, 3.63) is 35.4 Å². The van der Waals surface area contributed by atoms with E-state index < -0.39 is 0 Å². The van der Waals surface area contributed by atoms with E-state index in [1.807, 2.05) is 6.92 Å². The molecule has 0 spiro atoms. The Kier molecular flexibility index (Phi) is 5.18. The predicted octanol–water partition coefficient (Wildman–Crippen LogP) is 3.34. The second-order valence-corrected chi connectivity index (χ2v) is 5.84. The number of nitrogens with zero attached hydrogens (tertiary/aromatic N) is 1. The molecule has 0 aliphatic heterocycles. The molecule has 0 bridgehead atoms. The number of hydrogen-bond acceptors (Lipinski definition) is 3. The lowest BCUT2D eigenvalue weighted by Crippen LogP contribution is -2.32. The summed E-state index contributed by atoms with van der Waals surface area (Å²) in [6.45, 7) is 7.95. The second-order valence-electron chi connectivity index (χ2n) is 5.84. The largest absolute Gasteiger partial charge is 0.465 e. The second kappa shape index (κ2) is 6.89. The molecule has 0 heterocycles. The minimum atomic E-state index is -0.113. The van der Waals surface area contributed by atoms with Gasteiger partial charge in [0.15, 0.2) is 0 Å². The van der Waals surface area contributed by atoms with Crippen molar-refractivity contribution in [1.82, 2.24) is 4.90 Å². The van der Waals surface area contributed by atoms with Gasteiger partial charge in [0.1, 0.15) is 0 Å². The van der Waals surface area contributed by atoms with E-state index in [1.165, 1.54) is 24.0 Å². The van der Waals surface area contributed by atoms with E-state index in [4.69, 9.17) is 4.74 Å². The minimum Gasteiger partial charge on any atom is -0.465 e. The Morgan fingerprint density at radius 2 is 1.95 bits per heavy atom. The standard InChI is InChI=1S/C17H25NO2/c1-4-20-17(19)12-18(16-9-10-16)11-14-5-7-15(8-6-14)13(2)3/h5-8,13,16H,4,9-12H2,1-3H3. The summed E-state index contributed by atoms with van der Waals surface area (Å²) >= 11 is 0. The highest BCUT2D eigenvalue weighted by Crippen LogP contribution is 2.28. The molecule has 0 amide bonds. The van der Waals surface area contributed by atoms with Gasteiger partial charge in [-0.25, -0.2) is 0 Å². The Morgan fingerprint density at radius 3 is 2.45 bits per heavy atom. The van der Waals surface area contributed by atoms with E-state index in [-0.39, 0.29) is 5.97 Å². The van der Waals surface area contributed by atoms with E-state index >= 15 is 0 Å². The van der Waals surface area contributed by atoms with Crippen LogP contribution in [0.5, 0.6) is 0 Å². The van der Waals surface area contributed by atoms with Crippen LogP contribution in [0, 0.1) is 0 Å². The van der Waals surface area contributed by atoms with E-state index in [9.17, 15) is 4.79 Å². The van der Waals surface area contributed by atoms with Crippen molar-refractivity contribution in [3.8, 4) is 0 Å². The monoisotopic (exact) mass is 275 g/mol.